The van der Waals surface area contributed by atoms with Crippen LogP contribution in [0.4, 0.5) is 0 Å². The van der Waals surface area contributed by atoms with E-state index >= 15 is 0 Å². The quantitative estimate of drug-likeness (QED) is 0.807. The van der Waals surface area contributed by atoms with Crippen LogP contribution < -0.4 is 5.32 Å². The predicted molar refractivity (Wildman–Crippen MR) is 79.4 cm³/mol. The lowest BCUT2D eigenvalue weighted by Crippen LogP contribution is -2.51. The summed E-state index contributed by atoms with van der Waals surface area (Å²) < 4.78 is 33.0. The topological polar surface area (TPSA) is 87.3 Å². The van der Waals surface area contributed by atoms with E-state index < -0.39 is 10.0 Å². The van der Waals surface area contributed by atoms with Crippen LogP contribution in [-0.2, 0) is 21.3 Å². The predicted octanol–water partition coefficient (Wildman–Crippen LogP) is 0.707. The zero-order valence-electron chi connectivity index (χ0n) is 12.8. The van der Waals surface area contributed by atoms with Crippen molar-refractivity contribution in [2.24, 2.45) is 0 Å². The molecular weight excluding hydrogens is 292 g/mol. The lowest BCUT2D eigenvalue weighted by Gasteiger charge is -2.36. The fraction of sp³-hybridized carbons (Fsp3) is 0.769. The molecule has 1 aliphatic heterocycles. The maximum absolute atomic E-state index is 12.9. The summed E-state index contributed by atoms with van der Waals surface area (Å²) in [4.78, 5) is 0. The van der Waals surface area contributed by atoms with Crippen molar-refractivity contribution in [3.63, 3.8) is 0 Å². The number of aromatic nitrogens is 2. The molecule has 8 heteroatoms. The molecule has 2 N–H and O–H groups in total. The minimum atomic E-state index is -3.58. The molecule has 1 fully saturated rings. The van der Waals surface area contributed by atoms with Gasteiger partial charge in [0.1, 0.15) is 0 Å². The van der Waals surface area contributed by atoms with Gasteiger partial charge in [-0.1, -0.05) is 13.8 Å². The first-order valence-corrected chi connectivity index (χ1v) is 8.81. The van der Waals surface area contributed by atoms with Crippen molar-refractivity contribution in [1.82, 2.24) is 19.8 Å². The van der Waals surface area contributed by atoms with Crippen LogP contribution in [0.2, 0.25) is 0 Å². The number of aromatic amines is 1. The number of hydrogen-bond acceptors (Lipinski definition) is 5. The van der Waals surface area contributed by atoms with Crippen LogP contribution in [0, 0.1) is 0 Å². The Morgan fingerprint density at radius 3 is 2.95 bits per heavy atom. The molecule has 0 aliphatic carbocycles. The highest BCUT2D eigenvalue weighted by molar-refractivity contribution is 7.89. The highest BCUT2D eigenvalue weighted by Gasteiger charge is 2.37. The number of hydrogen-bond donors (Lipinski definition) is 2. The molecule has 1 saturated heterocycles. The summed E-state index contributed by atoms with van der Waals surface area (Å²) in [5.74, 6) is 0. The molecule has 0 saturated carbocycles. The van der Waals surface area contributed by atoms with Gasteiger partial charge in [0.2, 0.25) is 0 Å². The molecule has 0 radical (unpaired) electrons. The van der Waals surface area contributed by atoms with E-state index in [1.165, 1.54) is 0 Å². The molecular formula is C13H24N4O3S. The summed E-state index contributed by atoms with van der Waals surface area (Å²) in [7, 11) is -3.58. The first-order valence-electron chi connectivity index (χ1n) is 7.37. The average molecular weight is 316 g/mol. The Labute approximate surface area is 126 Å². The van der Waals surface area contributed by atoms with Gasteiger partial charge in [-0.3, -0.25) is 5.10 Å². The molecule has 1 aromatic rings. The van der Waals surface area contributed by atoms with Crippen molar-refractivity contribution in [2.45, 2.75) is 50.9 Å². The first-order chi connectivity index (χ1) is 10.0. The summed E-state index contributed by atoms with van der Waals surface area (Å²) in [6.07, 6.45) is 2.20. The largest absolute Gasteiger partial charge is 0.375 e. The molecule has 2 unspecified atom stereocenters. The van der Waals surface area contributed by atoms with E-state index in [1.54, 1.807) is 10.5 Å². The van der Waals surface area contributed by atoms with E-state index in [0.29, 0.717) is 25.3 Å². The van der Waals surface area contributed by atoms with Crippen LogP contribution in [0.1, 0.15) is 32.8 Å². The molecule has 0 amide bonds. The van der Waals surface area contributed by atoms with E-state index in [4.69, 9.17) is 4.74 Å². The van der Waals surface area contributed by atoms with Crippen LogP contribution in [0.15, 0.2) is 11.2 Å². The second-order valence-corrected chi connectivity index (χ2v) is 7.11. The molecule has 0 bridgehead atoms. The minimum Gasteiger partial charge on any atom is -0.375 e. The van der Waals surface area contributed by atoms with Crippen molar-refractivity contribution >= 4 is 10.0 Å². The summed E-state index contributed by atoms with van der Waals surface area (Å²) in [6.45, 7) is 7.91. The lowest BCUT2D eigenvalue weighted by molar-refractivity contribution is -0.0231. The van der Waals surface area contributed by atoms with Crippen LogP contribution in [0.25, 0.3) is 0 Å². The van der Waals surface area contributed by atoms with Gasteiger partial charge in [-0.05, 0) is 19.9 Å². The summed E-state index contributed by atoms with van der Waals surface area (Å²) >= 11 is 0. The molecule has 21 heavy (non-hydrogen) atoms. The van der Waals surface area contributed by atoms with Gasteiger partial charge in [-0.2, -0.15) is 9.40 Å². The number of ether oxygens (including phenoxy) is 1. The third kappa shape index (κ3) is 3.45. The molecule has 0 spiro atoms. The molecule has 0 aromatic carbocycles. The Kier molecular flexibility index (Phi) is 5.37. The summed E-state index contributed by atoms with van der Waals surface area (Å²) in [6, 6.07) is -0.124. The summed E-state index contributed by atoms with van der Waals surface area (Å²) in [5.41, 5.74) is 0.672. The highest BCUT2D eigenvalue weighted by atomic mass is 32.2. The van der Waals surface area contributed by atoms with Gasteiger partial charge >= 0.3 is 0 Å². The van der Waals surface area contributed by atoms with Gasteiger partial charge in [-0.25, -0.2) is 8.42 Å². The zero-order valence-corrected chi connectivity index (χ0v) is 13.6. The summed E-state index contributed by atoms with van der Waals surface area (Å²) in [5, 5.41) is 9.88. The second kappa shape index (κ2) is 6.87. The Balaban J connectivity index is 2.29. The van der Waals surface area contributed by atoms with Crippen molar-refractivity contribution in [3.8, 4) is 0 Å². The standard InChI is InChI=1S/C13H24N4O3S/c1-4-12-9-20-10(3)8-17(12)21(18,19)13-11(6-14-5-2)7-15-16-13/h7,10,12,14H,4-6,8-9H2,1-3H3,(H,15,16). The number of nitrogens with one attached hydrogen (secondary N) is 2. The van der Waals surface area contributed by atoms with E-state index in [0.717, 1.165) is 13.0 Å². The van der Waals surface area contributed by atoms with Crippen LogP contribution in [-0.4, -0.2) is 54.8 Å². The number of morpholine rings is 1. The van der Waals surface area contributed by atoms with Crippen molar-refractivity contribution in [3.05, 3.63) is 11.8 Å². The molecule has 1 aromatic heterocycles. The van der Waals surface area contributed by atoms with Crippen LogP contribution in [0.5, 0.6) is 0 Å². The Hall–Kier alpha value is -0.960. The van der Waals surface area contributed by atoms with Gasteiger partial charge < -0.3 is 10.1 Å². The maximum atomic E-state index is 12.9. The highest BCUT2D eigenvalue weighted by Crippen LogP contribution is 2.24. The van der Waals surface area contributed by atoms with Crippen LogP contribution >= 0.6 is 0 Å². The van der Waals surface area contributed by atoms with Crippen molar-refractivity contribution < 1.29 is 13.2 Å². The average Bonchev–Trinajstić information content (AvgIpc) is 2.94. The molecule has 7 nitrogen and oxygen atoms in total. The smallest absolute Gasteiger partial charge is 0.260 e. The SMILES string of the molecule is CCNCc1cn[nH]c1S(=O)(=O)N1CC(C)OCC1CC. The Bertz CT molecular complexity index is 558. The number of H-pyrrole nitrogens is 1. The molecule has 2 atom stereocenters. The van der Waals surface area contributed by atoms with E-state index in [-0.39, 0.29) is 17.2 Å². The monoisotopic (exact) mass is 316 g/mol. The Morgan fingerprint density at radius 2 is 2.29 bits per heavy atom. The second-order valence-electron chi connectivity index (χ2n) is 5.29. The molecule has 2 heterocycles. The van der Waals surface area contributed by atoms with Gasteiger partial charge in [0.25, 0.3) is 10.0 Å². The Morgan fingerprint density at radius 1 is 1.52 bits per heavy atom. The third-order valence-corrected chi connectivity index (χ3v) is 5.63. The lowest BCUT2D eigenvalue weighted by atomic mass is 10.2. The number of sulfonamides is 1. The van der Waals surface area contributed by atoms with Crippen molar-refractivity contribution in [2.75, 3.05) is 19.7 Å². The fourth-order valence-corrected chi connectivity index (χ4v) is 4.32. The van der Waals surface area contributed by atoms with Gasteiger partial charge in [0.15, 0.2) is 5.03 Å². The number of rotatable bonds is 6. The normalized spacial score (nSPS) is 24.3. The fourth-order valence-electron chi connectivity index (χ4n) is 2.45. The van der Waals surface area contributed by atoms with E-state index in [2.05, 4.69) is 15.5 Å². The van der Waals surface area contributed by atoms with Gasteiger partial charge in [0, 0.05) is 24.7 Å². The first kappa shape index (κ1) is 16.4. The maximum Gasteiger partial charge on any atom is 0.260 e. The minimum absolute atomic E-state index is 0.0947. The zero-order chi connectivity index (χ0) is 15.5. The van der Waals surface area contributed by atoms with Gasteiger partial charge in [-0.15, -0.1) is 0 Å². The van der Waals surface area contributed by atoms with E-state index in [9.17, 15) is 8.42 Å². The molecule has 1 aliphatic rings. The van der Waals surface area contributed by atoms with Crippen molar-refractivity contribution in [1.29, 1.82) is 0 Å². The van der Waals surface area contributed by atoms with E-state index in [1.807, 2.05) is 20.8 Å². The molecule has 2 rings (SSSR count). The number of nitrogens with zero attached hydrogens (tertiary/aromatic N) is 2. The molecule has 120 valence electrons. The van der Waals surface area contributed by atoms with Crippen LogP contribution in [0.3, 0.4) is 0 Å². The third-order valence-electron chi connectivity index (χ3n) is 3.70. The van der Waals surface area contributed by atoms with Gasteiger partial charge in [0.05, 0.1) is 18.9 Å².